The Bertz CT molecular complexity index is 542. The van der Waals surface area contributed by atoms with E-state index in [0.717, 1.165) is 15.7 Å². The number of nitrogens with zero attached hydrogens (tertiary/aromatic N) is 2. The van der Waals surface area contributed by atoms with Crippen LogP contribution >= 0.6 is 27.5 Å². The van der Waals surface area contributed by atoms with Crippen LogP contribution in [0.15, 0.2) is 28.7 Å². The smallest absolute Gasteiger partial charge is 0.122 e. The summed E-state index contributed by atoms with van der Waals surface area (Å²) in [6, 6.07) is 7.23. The van der Waals surface area contributed by atoms with E-state index in [1.807, 2.05) is 12.1 Å². The molecule has 1 aromatic heterocycles. The molecule has 0 amide bonds. The van der Waals surface area contributed by atoms with Crippen molar-refractivity contribution in [2.24, 2.45) is 0 Å². The molecule has 0 spiro atoms. The first-order chi connectivity index (χ1) is 8.11. The molecule has 1 aromatic carbocycles. The second-order valence-corrected chi connectivity index (χ2v) is 4.82. The third-order valence-corrected chi connectivity index (χ3v) is 3.25. The van der Waals surface area contributed by atoms with E-state index in [4.69, 9.17) is 22.4 Å². The van der Waals surface area contributed by atoms with Crippen molar-refractivity contribution < 1.29 is 5.11 Å². The lowest BCUT2D eigenvalue weighted by molar-refractivity contribution is 0.270. The van der Waals surface area contributed by atoms with Gasteiger partial charge in [0.2, 0.25) is 0 Å². The summed E-state index contributed by atoms with van der Waals surface area (Å²) in [4.78, 5) is 0. The lowest BCUT2D eigenvalue weighted by Gasteiger charge is -2.02. The number of aliphatic hydroxyl groups excluding tert-OH is 1. The van der Waals surface area contributed by atoms with Crippen LogP contribution in [0.2, 0.25) is 5.02 Å². The van der Waals surface area contributed by atoms with Gasteiger partial charge < -0.3 is 10.8 Å². The van der Waals surface area contributed by atoms with E-state index in [1.54, 1.807) is 16.8 Å². The van der Waals surface area contributed by atoms with Crippen LogP contribution in [-0.4, -0.2) is 21.5 Å². The molecular formula is C11H11BrClN3O. The molecule has 2 rings (SSSR count). The standard InChI is InChI=1S/C11H11BrClN3O/c12-9-2-1-7(13)5-8(9)10-6-11(14)16(15-10)3-4-17/h1-2,5-6,17H,3-4,14H2. The summed E-state index contributed by atoms with van der Waals surface area (Å²) in [6.07, 6.45) is 0. The predicted octanol–water partition coefficient (Wildman–Crippen LogP) is 2.54. The first kappa shape index (κ1) is 12.4. The molecule has 1 heterocycles. The van der Waals surface area contributed by atoms with Gasteiger partial charge in [-0.25, -0.2) is 4.68 Å². The number of rotatable bonds is 3. The van der Waals surface area contributed by atoms with Crippen LogP contribution in [0.5, 0.6) is 0 Å². The van der Waals surface area contributed by atoms with Gasteiger partial charge in [0, 0.05) is 21.1 Å². The Kier molecular flexibility index (Phi) is 3.71. The summed E-state index contributed by atoms with van der Waals surface area (Å²) in [5.74, 6) is 0.515. The van der Waals surface area contributed by atoms with E-state index in [-0.39, 0.29) is 6.61 Å². The Morgan fingerprint density at radius 3 is 2.88 bits per heavy atom. The van der Waals surface area contributed by atoms with Gasteiger partial charge in [-0.2, -0.15) is 5.10 Å². The molecule has 0 aliphatic heterocycles. The monoisotopic (exact) mass is 315 g/mol. The number of hydrogen-bond donors (Lipinski definition) is 2. The lowest BCUT2D eigenvalue weighted by Crippen LogP contribution is -2.07. The van der Waals surface area contributed by atoms with Crippen molar-refractivity contribution in [2.45, 2.75) is 6.54 Å². The van der Waals surface area contributed by atoms with Crippen molar-refractivity contribution in [3.8, 4) is 11.3 Å². The van der Waals surface area contributed by atoms with Gasteiger partial charge in [0.25, 0.3) is 0 Å². The number of nitrogens with two attached hydrogens (primary N) is 1. The minimum atomic E-state index is 0.00202. The van der Waals surface area contributed by atoms with Gasteiger partial charge in [-0.15, -0.1) is 0 Å². The molecule has 4 nitrogen and oxygen atoms in total. The zero-order valence-electron chi connectivity index (χ0n) is 8.90. The van der Waals surface area contributed by atoms with Crippen LogP contribution in [0.1, 0.15) is 0 Å². The van der Waals surface area contributed by atoms with Crippen molar-refractivity contribution in [3.05, 3.63) is 33.8 Å². The fourth-order valence-electron chi connectivity index (χ4n) is 1.53. The number of halogens is 2. The van der Waals surface area contributed by atoms with Crippen molar-refractivity contribution in [3.63, 3.8) is 0 Å². The van der Waals surface area contributed by atoms with Gasteiger partial charge in [0.1, 0.15) is 5.82 Å². The largest absolute Gasteiger partial charge is 0.394 e. The highest BCUT2D eigenvalue weighted by molar-refractivity contribution is 9.10. The summed E-state index contributed by atoms with van der Waals surface area (Å²) in [5.41, 5.74) is 7.40. The molecule has 0 atom stereocenters. The maximum atomic E-state index is 8.88. The van der Waals surface area contributed by atoms with Gasteiger partial charge in [-0.05, 0) is 18.2 Å². The fraction of sp³-hybridized carbons (Fsp3) is 0.182. The fourth-order valence-corrected chi connectivity index (χ4v) is 2.15. The molecule has 0 radical (unpaired) electrons. The quantitative estimate of drug-likeness (QED) is 0.914. The van der Waals surface area contributed by atoms with Crippen molar-refractivity contribution >= 4 is 33.3 Å². The summed E-state index contributed by atoms with van der Waals surface area (Å²) >= 11 is 9.39. The first-order valence-electron chi connectivity index (χ1n) is 5.01. The summed E-state index contributed by atoms with van der Waals surface area (Å²) in [7, 11) is 0. The third-order valence-electron chi connectivity index (χ3n) is 2.33. The van der Waals surface area contributed by atoms with Crippen LogP contribution in [0.25, 0.3) is 11.3 Å². The first-order valence-corrected chi connectivity index (χ1v) is 6.18. The Morgan fingerprint density at radius 2 is 2.18 bits per heavy atom. The van der Waals surface area contributed by atoms with Crippen molar-refractivity contribution in [2.75, 3.05) is 12.3 Å². The number of hydrogen-bond acceptors (Lipinski definition) is 3. The maximum Gasteiger partial charge on any atom is 0.122 e. The van der Waals surface area contributed by atoms with Crippen LogP contribution in [0.4, 0.5) is 5.82 Å². The highest BCUT2D eigenvalue weighted by Gasteiger charge is 2.10. The predicted molar refractivity (Wildman–Crippen MR) is 71.9 cm³/mol. The van der Waals surface area contributed by atoms with Crippen LogP contribution in [0.3, 0.4) is 0 Å². The minimum absolute atomic E-state index is 0.00202. The molecule has 0 aliphatic rings. The van der Waals surface area contributed by atoms with E-state index in [1.165, 1.54) is 0 Å². The van der Waals surface area contributed by atoms with Gasteiger partial charge in [0.15, 0.2) is 0 Å². The molecule has 0 bridgehead atoms. The minimum Gasteiger partial charge on any atom is -0.394 e. The molecule has 3 N–H and O–H groups in total. The van der Waals surface area contributed by atoms with Crippen LogP contribution in [0, 0.1) is 0 Å². The Morgan fingerprint density at radius 1 is 1.41 bits per heavy atom. The number of benzene rings is 1. The molecule has 2 aromatic rings. The summed E-state index contributed by atoms with van der Waals surface area (Å²) in [6.45, 7) is 0.381. The second kappa shape index (κ2) is 5.08. The molecular weight excluding hydrogens is 305 g/mol. The number of aromatic nitrogens is 2. The van der Waals surface area contributed by atoms with Gasteiger partial charge in [-0.3, -0.25) is 0 Å². The van der Waals surface area contributed by atoms with E-state index in [2.05, 4.69) is 21.0 Å². The van der Waals surface area contributed by atoms with E-state index in [0.29, 0.717) is 17.4 Å². The van der Waals surface area contributed by atoms with Crippen molar-refractivity contribution in [1.82, 2.24) is 9.78 Å². The molecule has 0 unspecified atom stereocenters. The number of nitrogen functional groups attached to an aromatic ring is 1. The average molecular weight is 317 g/mol. The normalized spacial score (nSPS) is 10.8. The lowest BCUT2D eigenvalue weighted by atomic mass is 10.1. The number of anilines is 1. The van der Waals surface area contributed by atoms with E-state index < -0.39 is 0 Å². The molecule has 0 saturated heterocycles. The third kappa shape index (κ3) is 2.62. The molecule has 17 heavy (non-hydrogen) atoms. The SMILES string of the molecule is Nc1cc(-c2cc(Cl)ccc2Br)nn1CCO. The van der Waals surface area contributed by atoms with E-state index in [9.17, 15) is 0 Å². The van der Waals surface area contributed by atoms with Gasteiger partial charge >= 0.3 is 0 Å². The number of aliphatic hydroxyl groups is 1. The van der Waals surface area contributed by atoms with Crippen LogP contribution in [-0.2, 0) is 6.54 Å². The molecule has 0 aliphatic carbocycles. The Hall–Kier alpha value is -1.04. The van der Waals surface area contributed by atoms with Crippen molar-refractivity contribution in [1.29, 1.82) is 0 Å². The summed E-state index contributed by atoms with van der Waals surface area (Å²) in [5, 5.41) is 13.8. The van der Waals surface area contributed by atoms with Gasteiger partial charge in [-0.1, -0.05) is 27.5 Å². The van der Waals surface area contributed by atoms with Crippen LogP contribution < -0.4 is 5.73 Å². The molecule has 90 valence electrons. The molecule has 0 fully saturated rings. The highest BCUT2D eigenvalue weighted by Crippen LogP contribution is 2.30. The maximum absolute atomic E-state index is 8.88. The van der Waals surface area contributed by atoms with E-state index >= 15 is 0 Å². The molecule has 6 heteroatoms. The zero-order valence-corrected chi connectivity index (χ0v) is 11.2. The van der Waals surface area contributed by atoms with Gasteiger partial charge in [0.05, 0.1) is 18.8 Å². The molecule has 0 saturated carbocycles. The summed E-state index contributed by atoms with van der Waals surface area (Å²) < 4.78 is 2.46. The Balaban J connectivity index is 2.45. The topological polar surface area (TPSA) is 64.1 Å². The zero-order chi connectivity index (χ0) is 12.4. The average Bonchev–Trinajstić information content (AvgIpc) is 2.64. The second-order valence-electron chi connectivity index (χ2n) is 3.53. The highest BCUT2D eigenvalue weighted by atomic mass is 79.9. The Labute approximate surface area is 112 Å².